The second-order valence-corrected chi connectivity index (χ2v) is 6.09. The minimum Gasteiger partial charge on any atom is -0.480 e. The van der Waals surface area contributed by atoms with Crippen LogP contribution in [0.15, 0.2) is 35.2 Å². The van der Waals surface area contributed by atoms with Gasteiger partial charge in [0.25, 0.3) is 0 Å². The highest BCUT2D eigenvalue weighted by atomic mass is 32.2. The molecule has 0 saturated carbocycles. The molecule has 0 aliphatic carbocycles. The van der Waals surface area contributed by atoms with Crippen LogP contribution in [-0.2, 0) is 4.79 Å². The van der Waals surface area contributed by atoms with Gasteiger partial charge in [-0.1, -0.05) is 63.6 Å². The number of carboxylic acid groups (broad SMARTS) is 1. The van der Waals surface area contributed by atoms with Gasteiger partial charge < -0.3 is 5.11 Å². The predicted octanol–water partition coefficient (Wildman–Crippen LogP) is 4.98. The number of rotatable bonds is 10. The summed E-state index contributed by atoms with van der Waals surface area (Å²) in [6.45, 7) is 2.21. The number of aliphatic carboxylic acids is 1. The first-order valence-electron chi connectivity index (χ1n) is 7.18. The highest BCUT2D eigenvalue weighted by Gasteiger charge is 2.18. The van der Waals surface area contributed by atoms with Crippen molar-refractivity contribution in [3.8, 4) is 0 Å². The molecule has 1 rings (SSSR count). The van der Waals surface area contributed by atoms with Crippen molar-refractivity contribution in [1.29, 1.82) is 0 Å². The summed E-state index contributed by atoms with van der Waals surface area (Å²) >= 11 is 1.47. The fraction of sp³-hybridized carbons (Fsp3) is 0.562. The van der Waals surface area contributed by atoms with Gasteiger partial charge in [0.2, 0.25) is 0 Å². The molecule has 1 aromatic rings. The molecule has 0 bridgehead atoms. The van der Waals surface area contributed by atoms with Gasteiger partial charge in [-0.3, -0.25) is 4.79 Å². The summed E-state index contributed by atoms with van der Waals surface area (Å²) in [6.07, 6.45) is 7.99. The van der Waals surface area contributed by atoms with Crippen molar-refractivity contribution in [2.45, 2.75) is 62.0 Å². The molecule has 0 unspecified atom stereocenters. The number of hydrogen-bond donors (Lipinski definition) is 1. The fourth-order valence-electron chi connectivity index (χ4n) is 2.01. The fourth-order valence-corrected chi connectivity index (χ4v) is 3.03. The molecule has 0 aliphatic heterocycles. The highest BCUT2D eigenvalue weighted by molar-refractivity contribution is 8.00. The summed E-state index contributed by atoms with van der Waals surface area (Å²) in [7, 11) is 0. The first-order valence-corrected chi connectivity index (χ1v) is 8.06. The third-order valence-corrected chi connectivity index (χ3v) is 4.38. The van der Waals surface area contributed by atoms with Crippen LogP contribution in [0.2, 0.25) is 0 Å². The Hall–Kier alpha value is -0.960. The van der Waals surface area contributed by atoms with Crippen molar-refractivity contribution in [3.05, 3.63) is 30.3 Å². The molecule has 0 spiro atoms. The van der Waals surface area contributed by atoms with Gasteiger partial charge in [0.1, 0.15) is 5.25 Å². The maximum Gasteiger partial charge on any atom is 0.316 e. The van der Waals surface area contributed by atoms with Gasteiger partial charge in [-0.2, -0.15) is 0 Å². The van der Waals surface area contributed by atoms with Crippen LogP contribution in [0.3, 0.4) is 0 Å². The van der Waals surface area contributed by atoms with E-state index in [1.807, 2.05) is 30.3 Å². The largest absolute Gasteiger partial charge is 0.480 e. The molecule has 3 heteroatoms. The van der Waals surface area contributed by atoms with Crippen LogP contribution in [0.5, 0.6) is 0 Å². The van der Waals surface area contributed by atoms with E-state index in [0.717, 1.165) is 24.2 Å². The summed E-state index contributed by atoms with van der Waals surface area (Å²) < 4.78 is 0. The van der Waals surface area contributed by atoms with E-state index in [0.29, 0.717) is 0 Å². The maximum absolute atomic E-state index is 11.2. The SMILES string of the molecule is CCCCCCCC[C@@H](Sc1ccccc1)C(=O)O. The van der Waals surface area contributed by atoms with E-state index in [-0.39, 0.29) is 5.25 Å². The van der Waals surface area contributed by atoms with E-state index in [4.69, 9.17) is 0 Å². The van der Waals surface area contributed by atoms with E-state index in [1.165, 1.54) is 37.4 Å². The number of unbranched alkanes of at least 4 members (excludes halogenated alkanes) is 5. The zero-order chi connectivity index (χ0) is 13.9. The van der Waals surface area contributed by atoms with Crippen LogP contribution < -0.4 is 0 Å². The summed E-state index contributed by atoms with van der Waals surface area (Å²) in [5, 5.41) is 8.94. The summed E-state index contributed by atoms with van der Waals surface area (Å²) in [4.78, 5) is 12.3. The van der Waals surface area contributed by atoms with E-state index >= 15 is 0 Å². The van der Waals surface area contributed by atoms with Gasteiger partial charge in [0.05, 0.1) is 0 Å². The van der Waals surface area contributed by atoms with E-state index in [2.05, 4.69) is 6.92 Å². The summed E-state index contributed by atoms with van der Waals surface area (Å²) in [5.41, 5.74) is 0. The lowest BCUT2D eigenvalue weighted by Gasteiger charge is -2.11. The van der Waals surface area contributed by atoms with Gasteiger partial charge in [-0.05, 0) is 18.6 Å². The van der Waals surface area contributed by atoms with Crippen LogP contribution in [0.4, 0.5) is 0 Å². The Morgan fingerprint density at radius 1 is 1.11 bits per heavy atom. The van der Waals surface area contributed by atoms with Crippen LogP contribution >= 0.6 is 11.8 Å². The number of thioether (sulfide) groups is 1. The van der Waals surface area contributed by atoms with Crippen molar-refractivity contribution in [2.24, 2.45) is 0 Å². The lowest BCUT2D eigenvalue weighted by atomic mass is 10.1. The van der Waals surface area contributed by atoms with E-state index in [9.17, 15) is 9.90 Å². The topological polar surface area (TPSA) is 37.3 Å². The number of hydrogen-bond acceptors (Lipinski definition) is 2. The Labute approximate surface area is 120 Å². The molecule has 1 aromatic carbocycles. The third kappa shape index (κ3) is 7.26. The standard InChI is InChI=1S/C16H24O2S/c1-2-3-4-5-6-10-13-15(16(17)18)19-14-11-8-7-9-12-14/h7-9,11-12,15H,2-6,10,13H2,1H3,(H,17,18)/t15-/m1/s1. The normalized spacial score (nSPS) is 12.3. The van der Waals surface area contributed by atoms with E-state index in [1.54, 1.807) is 0 Å². The molecule has 0 amide bonds. The Morgan fingerprint density at radius 2 is 1.74 bits per heavy atom. The average molecular weight is 280 g/mol. The molecule has 0 radical (unpaired) electrons. The van der Waals surface area contributed by atoms with Gasteiger partial charge >= 0.3 is 5.97 Å². The van der Waals surface area contributed by atoms with Crippen molar-refractivity contribution in [2.75, 3.05) is 0 Å². The highest BCUT2D eigenvalue weighted by Crippen LogP contribution is 2.27. The Morgan fingerprint density at radius 3 is 2.37 bits per heavy atom. The lowest BCUT2D eigenvalue weighted by Crippen LogP contribution is -2.16. The second kappa shape index (κ2) is 9.90. The second-order valence-electron chi connectivity index (χ2n) is 4.81. The number of carboxylic acids is 1. The molecule has 0 aromatic heterocycles. The molecule has 2 nitrogen and oxygen atoms in total. The van der Waals surface area contributed by atoms with Gasteiger partial charge in [-0.15, -0.1) is 11.8 Å². The lowest BCUT2D eigenvalue weighted by molar-refractivity contribution is -0.136. The minimum absolute atomic E-state index is 0.312. The molecule has 0 aliphatic rings. The first-order chi connectivity index (χ1) is 9.24. The predicted molar refractivity (Wildman–Crippen MR) is 81.7 cm³/mol. The molecule has 106 valence electrons. The molecular formula is C16H24O2S. The Kier molecular flexibility index (Phi) is 8.39. The molecule has 0 saturated heterocycles. The smallest absolute Gasteiger partial charge is 0.316 e. The zero-order valence-corrected chi connectivity index (χ0v) is 12.5. The number of carbonyl (C=O) groups is 1. The van der Waals surface area contributed by atoms with E-state index < -0.39 is 5.97 Å². The molecule has 19 heavy (non-hydrogen) atoms. The molecule has 0 heterocycles. The molecule has 0 fully saturated rings. The Balaban J connectivity index is 2.27. The van der Waals surface area contributed by atoms with Crippen molar-refractivity contribution >= 4 is 17.7 Å². The molecule has 1 atom stereocenters. The third-order valence-electron chi connectivity index (χ3n) is 3.12. The van der Waals surface area contributed by atoms with Gasteiger partial charge in [0, 0.05) is 4.90 Å². The van der Waals surface area contributed by atoms with Crippen molar-refractivity contribution < 1.29 is 9.90 Å². The average Bonchev–Trinajstić information content (AvgIpc) is 2.42. The van der Waals surface area contributed by atoms with Crippen LogP contribution in [0.25, 0.3) is 0 Å². The monoisotopic (exact) mass is 280 g/mol. The zero-order valence-electron chi connectivity index (χ0n) is 11.7. The van der Waals surface area contributed by atoms with Crippen LogP contribution in [0.1, 0.15) is 51.9 Å². The molecule has 1 N–H and O–H groups in total. The van der Waals surface area contributed by atoms with Gasteiger partial charge in [-0.25, -0.2) is 0 Å². The first kappa shape index (κ1) is 16.1. The summed E-state index contributed by atoms with van der Waals surface area (Å²) in [6, 6.07) is 9.80. The number of benzene rings is 1. The van der Waals surface area contributed by atoms with Crippen LogP contribution in [-0.4, -0.2) is 16.3 Å². The Bertz CT molecular complexity index is 351. The minimum atomic E-state index is -0.692. The van der Waals surface area contributed by atoms with Crippen molar-refractivity contribution in [3.63, 3.8) is 0 Å². The van der Waals surface area contributed by atoms with Crippen molar-refractivity contribution in [1.82, 2.24) is 0 Å². The van der Waals surface area contributed by atoms with Gasteiger partial charge in [0.15, 0.2) is 0 Å². The quantitative estimate of drug-likeness (QED) is 0.485. The molecular weight excluding hydrogens is 256 g/mol. The maximum atomic E-state index is 11.2. The summed E-state index contributed by atoms with van der Waals surface area (Å²) in [5.74, 6) is -0.692. The van der Waals surface area contributed by atoms with Crippen LogP contribution in [0, 0.1) is 0 Å².